The van der Waals surface area contributed by atoms with Gasteiger partial charge in [0.2, 0.25) is 0 Å². The molecule has 27 heavy (non-hydrogen) atoms. The average Bonchev–Trinajstić information content (AvgIpc) is 3.14. The molecule has 2 aliphatic heterocycles. The Bertz CT molecular complexity index is 1070. The van der Waals surface area contributed by atoms with Gasteiger partial charge in [-0.1, -0.05) is 29.3 Å². The molecule has 1 atom stereocenters. The van der Waals surface area contributed by atoms with Gasteiger partial charge >= 0.3 is 0 Å². The quantitative estimate of drug-likeness (QED) is 0.679. The minimum Gasteiger partial charge on any atom is -0.508 e. The molecule has 0 spiro atoms. The number of hydrogen-bond donors (Lipinski definition) is 2. The van der Waals surface area contributed by atoms with Crippen molar-refractivity contribution < 1.29 is 10.2 Å². The number of phenolic OH excluding ortho intramolecular Hbond substituents is 1. The summed E-state index contributed by atoms with van der Waals surface area (Å²) in [5.41, 5.74) is 3.15. The number of para-hydroxylation sites is 1. The number of benzene rings is 2. The Labute approximate surface area is 166 Å². The molecule has 2 aromatic carbocycles. The fraction of sp³-hybridized carbons (Fsp3) is 0.350. The molecule has 0 radical (unpaired) electrons. The van der Waals surface area contributed by atoms with Crippen LogP contribution in [-0.2, 0) is 13.0 Å². The first kappa shape index (κ1) is 17.2. The highest BCUT2D eigenvalue weighted by atomic mass is 35.5. The Morgan fingerprint density at radius 1 is 1.19 bits per heavy atom. The number of anilines is 1. The summed E-state index contributed by atoms with van der Waals surface area (Å²) in [6.07, 6.45) is 0.694. The molecule has 5 rings (SSSR count). The maximum absolute atomic E-state index is 10.3. The van der Waals surface area contributed by atoms with Crippen LogP contribution in [0, 0.1) is 0 Å². The van der Waals surface area contributed by atoms with Crippen LogP contribution in [0.4, 0.5) is 5.69 Å². The van der Waals surface area contributed by atoms with Crippen molar-refractivity contribution in [1.82, 2.24) is 9.55 Å². The largest absolute Gasteiger partial charge is 0.508 e. The fourth-order valence-corrected chi connectivity index (χ4v) is 4.86. The summed E-state index contributed by atoms with van der Waals surface area (Å²) in [7, 11) is 0. The minimum atomic E-state index is -0.628. The molecule has 1 aromatic heterocycles. The van der Waals surface area contributed by atoms with Crippen molar-refractivity contribution in [3.05, 3.63) is 51.8 Å². The number of β-amino-alcohol motifs (C(OH)–C–C–N with tert-alkyl or cyclic N) is 1. The van der Waals surface area contributed by atoms with E-state index < -0.39 is 5.60 Å². The Kier molecular flexibility index (Phi) is 3.67. The number of aromatic hydroxyl groups is 1. The predicted octanol–water partition coefficient (Wildman–Crippen LogP) is 3.96. The number of imidazole rings is 1. The first-order chi connectivity index (χ1) is 12.8. The second-order valence-corrected chi connectivity index (χ2v) is 8.62. The summed E-state index contributed by atoms with van der Waals surface area (Å²) < 4.78 is 2.19. The second kappa shape index (κ2) is 5.77. The van der Waals surface area contributed by atoms with Crippen LogP contribution in [-0.4, -0.2) is 38.5 Å². The van der Waals surface area contributed by atoms with Gasteiger partial charge in [0.1, 0.15) is 17.1 Å². The SMILES string of the molecule is CC1(O)CN(c2cccc3c2nc2n3CC(c3c(O)ccc(Cl)c3Cl)C2)C1. The Morgan fingerprint density at radius 2 is 1.96 bits per heavy atom. The van der Waals surface area contributed by atoms with E-state index in [1.165, 1.54) is 0 Å². The summed E-state index contributed by atoms with van der Waals surface area (Å²) in [5, 5.41) is 21.2. The third-order valence-electron chi connectivity index (χ3n) is 5.59. The number of aromatic nitrogens is 2. The van der Waals surface area contributed by atoms with Crippen LogP contribution in [0.2, 0.25) is 10.0 Å². The van der Waals surface area contributed by atoms with Crippen molar-refractivity contribution in [3.63, 3.8) is 0 Å². The van der Waals surface area contributed by atoms with Gasteiger partial charge in [-0.15, -0.1) is 0 Å². The molecule has 5 nitrogen and oxygen atoms in total. The lowest BCUT2D eigenvalue weighted by Gasteiger charge is -2.45. The van der Waals surface area contributed by atoms with Gasteiger partial charge in [-0.25, -0.2) is 4.98 Å². The van der Waals surface area contributed by atoms with E-state index in [1.807, 2.05) is 13.0 Å². The molecule has 2 aliphatic rings. The average molecular weight is 404 g/mol. The van der Waals surface area contributed by atoms with Gasteiger partial charge < -0.3 is 19.7 Å². The normalized spacial score (nSPS) is 20.7. The van der Waals surface area contributed by atoms with E-state index in [1.54, 1.807) is 12.1 Å². The maximum atomic E-state index is 10.3. The molecular weight excluding hydrogens is 385 g/mol. The van der Waals surface area contributed by atoms with Gasteiger partial charge in [-0.3, -0.25) is 0 Å². The molecule has 0 bridgehead atoms. The van der Waals surface area contributed by atoms with E-state index in [-0.39, 0.29) is 11.7 Å². The Balaban J connectivity index is 1.52. The number of fused-ring (bicyclic) bond motifs is 3. The summed E-state index contributed by atoms with van der Waals surface area (Å²) in [4.78, 5) is 7.04. The van der Waals surface area contributed by atoms with Crippen molar-refractivity contribution in [2.24, 2.45) is 0 Å². The van der Waals surface area contributed by atoms with Crippen LogP contribution in [0.25, 0.3) is 11.0 Å². The highest BCUT2D eigenvalue weighted by Gasteiger charge is 2.38. The lowest BCUT2D eigenvalue weighted by Crippen LogP contribution is -2.60. The first-order valence-electron chi connectivity index (χ1n) is 8.96. The highest BCUT2D eigenvalue weighted by Crippen LogP contribution is 2.43. The molecule has 2 N–H and O–H groups in total. The summed E-state index contributed by atoms with van der Waals surface area (Å²) in [6.45, 7) is 3.77. The van der Waals surface area contributed by atoms with Gasteiger partial charge in [-0.05, 0) is 31.2 Å². The zero-order valence-electron chi connectivity index (χ0n) is 14.8. The number of aliphatic hydroxyl groups is 1. The number of halogens is 2. The topological polar surface area (TPSA) is 61.5 Å². The maximum Gasteiger partial charge on any atom is 0.120 e. The number of nitrogens with zero attached hydrogens (tertiary/aromatic N) is 3. The Hall–Kier alpha value is -1.95. The van der Waals surface area contributed by atoms with Crippen LogP contribution in [0.15, 0.2) is 30.3 Å². The molecule has 140 valence electrons. The van der Waals surface area contributed by atoms with Gasteiger partial charge in [-0.2, -0.15) is 0 Å². The van der Waals surface area contributed by atoms with Crippen LogP contribution < -0.4 is 4.90 Å². The monoisotopic (exact) mass is 403 g/mol. The van der Waals surface area contributed by atoms with E-state index >= 15 is 0 Å². The van der Waals surface area contributed by atoms with Crippen LogP contribution in [0.5, 0.6) is 5.75 Å². The van der Waals surface area contributed by atoms with Gasteiger partial charge in [0, 0.05) is 37.5 Å². The summed E-state index contributed by atoms with van der Waals surface area (Å²) in [5.74, 6) is 1.19. The molecule has 0 amide bonds. The molecule has 0 saturated carbocycles. The van der Waals surface area contributed by atoms with E-state index in [2.05, 4.69) is 21.6 Å². The van der Waals surface area contributed by atoms with E-state index in [0.717, 1.165) is 22.5 Å². The van der Waals surface area contributed by atoms with Crippen molar-refractivity contribution in [3.8, 4) is 5.75 Å². The molecular formula is C20H19Cl2N3O2. The lowest BCUT2D eigenvalue weighted by molar-refractivity contribution is 0.0312. The zero-order chi connectivity index (χ0) is 18.9. The van der Waals surface area contributed by atoms with Gasteiger partial charge in [0.25, 0.3) is 0 Å². The second-order valence-electron chi connectivity index (χ2n) is 7.83. The van der Waals surface area contributed by atoms with E-state index in [4.69, 9.17) is 28.2 Å². The first-order valence-corrected chi connectivity index (χ1v) is 9.72. The van der Waals surface area contributed by atoms with Crippen molar-refractivity contribution in [2.75, 3.05) is 18.0 Å². The fourth-order valence-electron chi connectivity index (χ4n) is 4.38. The molecule has 0 aliphatic carbocycles. The van der Waals surface area contributed by atoms with Crippen LogP contribution in [0.1, 0.15) is 24.2 Å². The molecule has 3 aromatic rings. The van der Waals surface area contributed by atoms with Gasteiger partial charge in [0.05, 0.1) is 26.9 Å². The van der Waals surface area contributed by atoms with E-state index in [9.17, 15) is 10.2 Å². The number of phenols is 1. The molecule has 1 fully saturated rings. The standard InChI is InChI=1S/C20H19Cl2N3O2/c1-20(27)9-24(10-20)13-3-2-4-14-19(13)23-16-7-11(8-25(14)16)17-15(26)6-5-12(21)18(17)22/h2-6,11,26-27H,7-10H2,1H3. The number of hydrogen-bond acceptors (Lipinski definition) is 4. The molecule has 1 unspecified atom stereocenters. The van der Waals surface area contributed by atoms with Crippen LogP contribution in [0.3, 0.4) is 0 Å². The summed E-state index contributed by atoms with van der Waals surface area (Å²) in [6, 6.07) is 9.35. The van der Waals surface area contributed by atoms with Crippen molar-refractivity contribution in [1.29, 1.82) is 0 Å². The number of rotatable bonds is 2. The summed E-state index contributed by atoms with van der Waals surface area (Å²) >= 11 is 12.5. The van der Waals surface area contributed by atoms with Gasteiger partial charge in [0.15, 0.2) is 0 Å². The van der Waals surface area contributed by atoms with E-state index in [0.29, 0.717) is 41.7 Å². The van der Waals surface area contributed by atoms with Crippen molar-refractivity contribution in [2.45, 2.75) is 31.4 Å². The van der Waals surface area contributed by atoms with Crippen molar-refractivity contribution >= 4 is 39.9 Å². The lowest BCUT2D eigenvalue weighted by atomic mass is 9.95. The Morgan fingerprint density at radius 3 is 2.70 bits per heavy atom. The third-order valence-corrected chi connectivity index (χ3v) is 6.41. The van der Waals surface area contributed by atoms with Crippen LogP contribution >= 0.6 is 23.2 Å². The predicted molar refractivity (Wildman–Crippen MR) is 107 cm³/mol. The molecule has 1 saturated heterocycles. The zero-order valence-corrected chi connectivity index (χ0v) is 16.3. The highest BCUT2D eigenvalue weighted by molar-refractivity contribution is 6.42. The molecule has 3 heterocycles. The molecule has 7 heteroatoms. The minimum absolute atomic E-state index is 0.0384. The third kappa shape index (κ3) is 2.60. The smallest absolute Gasteiger partial charge is 0.120 e.